The Balaban J connectivity index is 1.74. The minimum Gasteiger partial charge on any atom is -0.335 e. The van der Waals surface area contributed by atoms with Crippen LogP contribution in [0.25, 0.3) is 5.69 Å². The summed E-state index contributed by atoms with van der Waals surface area (Å²) in [5.41, 5.74) is 1.89. The van der Waals surface area contributed by atoms with Crippen LogP contribution in [0.1, 0.15) is 32.3 Å². The molecule has 0 spiro atoms. The molecule has 10 heteroatoms. The van der Waals surface area contributed by atoms with Crippen LogP contribution in [0.3, 0.4) is 0 Å². The van der Waals surface area contributed by atoms with E-state index in [2.05, 4.69) is 15.5 Å². The first kappa shape index (κ1) is 20.8. The molecule has 1 aliphatic heterocycles. The Morgan fingerprint density at radius 2 is 2.14 bits per heavy atom. The number of nitrogens with zero attached hydrogens (tertiary/aromatic N) is 5. The molecule has 0 unspecified atom stereocenters. The smallest absolute Gasteiger partial charge is 0.233 e. The van der Waals surface area contributed by atoms with E-state index < -0.39 is 9.84 Å². The van der Waals surface area contributed by atoms with Crippen LogP contribution in [0.15, 0.2) is 29.4 Å². The summed E-state index contributed by atoms with van der Waals surface area (Å²) in [5.74, 6) is 0.277. The van der Waals surface area contributed by atoms with Crippen LogP contribution in [0, 0.1) is 6.92 Å². The Hall–Kier alpha value is -1.94. The number of tetrazole rings is 1. The number of para-hydroxylation sites is 1. The van der Waals surface area contributed by atoms with Crippen LogP contribution in [0.4, 0.5) is 0 Å². The van der Waals surface area contributed by atoms with Gasteiger partial charge in [-0.3, -0.25) is 4.79 Å². The summed E-state index contributed by atoms with van der Waals surface area (Å²) in [6.07, 6.45) is 1.28. The minimum atomic E-state index is -3.06. The summed E-state index contributed by atoms with van der Waals surface area (Å²) in [6, 6.07) is 7.49. The van der Waals surface area contributed by atoms with Gasteiger partial charge in [0, 0.05) is 12.1 Å². The zero-order valence-corrected chi connectivity index (χ0v) is 17.9. The third-order valence-electron chi connectivity index (χ3n) is 5.06. The van der Waals surface area contributed by atoms with Crippen molar-refractivity contribution >= 4 is 27.5 Å². The number of amides is 1. The number of hydrogen-bond acceptors (Lipinski definition) is 7. The van der Waals surface area contributed by atoms with Gasteiger partial charge in [0.1, 0.15) is 0 Å². The molecule has 1 aliphatic rings. The fourth-order valence-electron chi connectivity index (χ4n) is 3.42. The molecule has 8 nitrogen and oxygen atoms in total. The van der Waals surface area contributed by atoms with Gasteiger partial charge < -0.3 is 4.90 Å². The van der Waals surface area contributed by atoms with E-state index in [1.54, 1.807) is 9.58 Å². The van der Waals surface area contributed by atoms with Crippen molar-refractivity contribution in [2.75, 3.05) is 17.3 Å². The second kappa shape index (κ2) is 8.60. The highest BCUT2D eigenvalue weighted by Crippen LogP contribution is 2.25. The van der Waals surface area contributed by atoms with Gasteiger partial charge in [0.05, 0.1) is 22.9 Å². The van der Waals surface area contributed by atoms with E-state index in [9.17, 15) is 13.2 Å². The normalized spacial score (nSPS) is 19.5. The molecular weight excluding hydrogens is 398 g/mol. The third kappa shape index (κ3) is 4.54. The highest BCUT2D eigenvalue weighted by Gasteiger charge is 2.36. The van der Waals surface area contributed by atoms with Crippen molar-refractivity contribution in [3.63, 3.8) is 0 Å². The zero-order chi connectivity index (χ0) is 20.3. The molecule has 1 aromatic heterocycles. The van der Waals surface area contributed by atoms with Crippen molar-refractivity contribution in [3.8, 4) is 5.69 Å². The van der Waals surface area contributed by atoms with Gasteiger partial charge >= 0.3 is 0 Å². The van der Waals surface area contributed by atoms with Crippen molar-refractivity contribution < 1.29 is 13.2 Å². The summed E-state index contributed by atoms with van der Waals surface area (Å²) in [6.45, 7) is 5.94. The largest absolute Gasteiger partial charge is 0.335 e. The van der Waals surface area contributed by atoms with Gasteiger partial charge in [-0.25, -0.2) is 8.42 Å². The Bertz CT molecular complexity index is 944. The van der Waals surface area contributed by atoms with Crippen LogP contribution in [-0.4, -0.2) is 68.8 Å². The van der Waals surface area contributed by atoms with Gasteiger partial charge in [0.2, 0.25) is 11.1 Å². The molecule has 28 heavy (non-hydrogen) atoms. The first-order valence-corrected chi connectivity index (χ1v) is 12.1. The lowest BCUT2D eigenvalue weighted by Gasteiger charge is -2.33. The number of rotatable bonds is 7. The number of thioether (sulfide) groups is 1. The number of aryl methyl sites for hydroxylation is 1. The molecule has 0 saturated carbocycles. The lowest BCUT2D eigenvalue weighted by atomic mass is 10.1. The second-order valence-corrected chi connectivity index (χ2v) is 10.2. The number of aromatic nitrogens is 4. The van der Waals surface area contributed by atoms with Gasteiger partial charge in [-0.15, -0.1) is 5.10 Å². The Labute approximate surface area is 169 Å². The summed E-state index contributed by atoms with van der Waals surface area (Å²) < 4.78 is 25.4. The maximum absolute atomic E-state index is 13.0. The van der Waals surface area contributed by atoms with E-state index in [0.717, 1.165) is 17.7 Å². The molecule has 1 saturated heterocycles. The van der Waals surface area contributed by atoms with Gasteiger partial charge in [-0.2, -0.15) is 4.68 Å². The van der Waals surface area contributed by atoms with E-state index in [0.29, 0.717) is 11.6 Å². The fraction of sp³-hybridized carbons (Fsp3) is 0.556. The van der Waals surface area contributed by atoms with Crippen molar-refractivity contribution in [3.05, 3.63) is 29.8 Å². The van der Waals surface area contributed by atoms with E-state index in [-0.39, 0.29) is 35.2 Å². The first-order chi connectivity index (χ1) is 13.3. The molecule has 0 N–H and O–H groups in total. The SMILES string of the molecule is CC[C@@H](C)N(C(=O)CSc1nnnn1-c1ccccc1C)[C@H]1CCS(=O)(=O)C1. The molecule has 2 atom stereocenters. The van der Waals surface area contributed by atoms with Crippen LogP contribution in [0.5, 0.6) is 0 Å². The lowest BCUT2D eigenvalue weighted by Crippen LogP contribution is -2.47. The Morgan fingerprint density at radius 1 is 1.39 bits per heavy atom. The highest BCUT2D eigenvalue weighted by molar-refractivity contribution is 7.99. The zero-order valence-electron chi connectivity index (χ0n) is 16.3. The van der Waals surface area contributed by atoms with E-state index in [4.69, 9.17) is 0 Å². The van der Waals surface area contributed by atoms with E-state index in [1.807, 2.05) is 45.0 Å². The maximum atomic E-state index is 13.0. The van der Waals surface area contributed by atoms with Crippen LogP contribution in [0.2, 0.25) is 0 Å². The summed E-state index contributed by atoms with van der Waals surface area (Å²) in [4.78, 5) is 14.7. The fourth-order valence-corrected chi connectivity index (χ4v) is 5.89. The van der Waals surface area contributed by atoms with Crippen molar-refractivity contribution in [1.29, 1.82) is 0 Å². The number of sulfone groups is 1. The average molecular weight is 424 g/mol. The van der Waals surface area contributed by atoms with Crippen molar-refractivity contribution in [1.82, 2.24) is 25.1 Å². The van der Waals surface area contributed by atoms with Gasteiger partial charge in [0.15, 0.2) is 9.84 Å². The predicted molar refractivity (Wildman–Crippen MR) is 108 cm³/mol. The van der Waals surface area contributed by atoms with E-state index in [1.165, 1.54) is 11.8 Å². The molecule has 0 bridgehead atoms. The standard InChI is InChI=1S/C18H25N5O3S2/c1-4-14(3)22(15-9-10-28(25,26)12-15)17(24)11-27-18-19-20-21-23(18)16-8-6-5-7-13(16)2/h5-8,14-15H,4,9-12H2,1-3H3/t14-,15+/m1/s1. The molecule has 1 amide bonds. The van der Waals surface area contributed by atoms with Gasteiger partial charge in [0.25, 0.3) is 0 Å². The molecule has 1 aromatic carbocycles. The highest BCUT2D eigenvalue weighted by atomic mass is 32.2. The maximum Gasteiger partial charge on any atom is 0.233 e. The summed E-state index contributed by atoms with van der Waals surface area (Å²) in [7, 11) is -3.06. The van der Waals surface area contributed by atoms with E-state index >= 15 is 0 Å². The number of hydrogen-bond donors (Lipinski definition) is 0. The molecular formula is C18H25N5O3S2. The number of carbonyl (C=O) groups is 1. The first-order valence-electron chi connectivity index (χ1n) is 9.31. The molecule has 1 fully saturated rings. The Morgan fingerprint density at radius 3 is 2.79 bits per heavy atom. The molecule has 0 aliphatic carbocycles. The molecule has 152 valence electrons. The minimum absolute atomic E-state index is 0.0150. The lowest BCUT2D eigenvalue weighted by molar-refractivity contribution is -0.132. The molecule has 3 rings (SSSR count). The average Bonchev–Trinajstić information content (AvgIpc) is 3.26. The number of benzene rings is 1. The van der Waals surface area contributed by atoms with Gasteiger partial charge in [-0.1, -0.05) is 36.9 Å². The van der Waals surface area contributed by atoms with Crippen LogP contribution < -0.4 is 0 Å². The van der Waals surface area contributed by atoms with Crippen molar-refractivity contribution in [2.24, 2.45) is 0 Å². The summed E-state index contributed by atoms with van der Waals surface area (Å²) >= 11 is 1.27. The topological polar surface area (TPSA) is 98.1 Å². The monoisotopic (exact) mass is 423 g/mol. The second-order valence-electron chi connectivity index (χ2n) is 7.06. The molecule has 2 aromatic rings. The van der Waals surface area contributed by atoms with Crippen molar-refractivity contribution in [2.45, 2.75) is 50.9 Å². The van der Waals surface area contributed by atoms with Crippen LogP contribution in [-0.2, 0) is 14.6 Å². The molecule has 0 radical (unpaired) electrons. The quantitative estimate of drug-likeness (QED) is 0.627. The third-order valence-corrected chi connectivity index (χ3v) is 7.72. The summed E-state index contributed by atoms with van der Waals surface area (Å²) in [5, 5.41) is 12.4. The van der Waals surface area contributed by atoms with Crippen LogP contribution >= 0.6 is 11.8 Å². The Kier molecular flexibility index (Phi) is 6.39. The van der Waals surface area contributed by atoms with Gasteiger partial charge in [-0.05, 0) is 48.7 Å². The number of carbonyl (C=O) groups excluding carboxylic acids is 1. The predicted octanol–water partition coefficient (Wildman–Crippen LogP) is 1.88. The molecule has 2 heterocycles.